The molecule has 2 rings (SSSR count). The smallest absolute Gasteiger partial charge is 0.335 e. The van der Waals surface area contributed by atoms with Crippen molar-refractivity contribution in [2.24, 2.45) is 5.84 Å². The van der Waals surface area contributed by atoms with Gasteiger partial charge < -0.3 is 15.2 Å². The van der Waals surface area contributed by atoms with Gasteiger partial charge in [-0.25, -0.2) is 10.6 Å². The Morgan fingerprint density at radius 2 is 2.20 bits per heavy atom. The summed E-state index contributed by atoms with van der Waals surface area (Å²) in [6.07, 6.45) is 5.55. The molecule has 0 radical (unpaired) electrons. The minimum Gasteiger partial charge on any atom is -0.506 e. The summed E-state index contributed by atoms with van der Waals surface area (Å²) in [5.41, 5.74) is 2.43. The SMILES string of the molecule is C#Cc1cccc(NC(=O)N(C)N)c1COc1cc(Cl)c(O)cc1C. The Labute approximate surface area is 151 Å². The van der Waals surface area contributed by atoms with Crippen LogP contribution in [0.4, 0.5) is 10.5 Å². The van der Waals surface area contributed by atoms with Crippen molar-refractivity contribution >= 4 is 23.3 Å². The molecular weight excluding hydrogens is 342 g/mol. The van der Waals surface area contributed by atoms with E-state index in [9.17, 15) is 9.90 Å². The average Bonchev–Trinajstić information content (AvgIpc) is 2.57. The van der Waals surface area contributed by atoms with Crippen molar-refractivity contribution in [1.82, 2.24) is 5.01 Å². The predicted molar refractivity (Wildman–Crippen MR) is 97.5 cm³/mol. The minimum absolute atomic E-state index is 0.0190. The van der Waals surface area contributed by atoms with Crippen LogP contribution in [0.3, 0.4) is 0 Å². The van der Waals surface area contributed by atoms with E-state index in [0.717, 1.165) is 5.01 Å². The Morgan fingerprint density at radius 1 is 1.48 bits per heavy atom. The highest BCUT2D eigenvalue weighted by molar-refractivity contribution is 6.32. The molecule has 0 heterocycles. The standard InChI is InChI=1S/C18H18ClN3O3/c1-4-12-6-5-7-15(21-18(24)22(3)20)13(12)10-25-17-9-14(19)16(23)8-11(17)2/h1,5-9,23H,10,20H2,2-3H3,(H,21,24). The predicted octanol–water partition coefficient (Wildman–Crippen LogP) is 3.25. The number of terminal acetylenes is 1. The second-order valence-corrected chi connectivity index (χ2v) is 5.78. The number of nitrogens with zero attached hydrogens (tertiary/aromatic N) is 1. The molecule has 0 saturated carbocycles. The summed E-state index contributed by atoms with van der Waals surface area (Å²) in [6, 6.07) is 7.73. The molecule has 0 aliphatic carbocycles. The summed E-state index contributed by atoms with van der Waals surface area (Å²) in [4.78, 5) is 11.8. The third-order valence-corrected chi connectivity index (χ3v) is 3.81. The molecule has 0 atom stereocenters. The van der Waals surface area contributed by atoms with Gasteiger partial charge in [0.1, 0.15) is 18.1 Å². The summed E-state index contributed by atoms with van der Waals surface area (Å²) in [5, 5.41) is 13.4. The number of hydrazine groups is 1. The molecule has 4 N–H and O–H groups in total. The number of hydrogen-bond acceptors (Lipinski definition) is 4. The summed E-state index contributed by atoms with van der Waals surface area (Å²) in [7, 11) is 1.43. The number of carbonyl (C=O) groups is 1. The lowest BCUT2D eigenvalue weighted by atomic mass is 10.1. The fourth-order valence-electron chi connectivity index (χ4n) is 2.15. The normalized spacial score (nSPS) is 10.0. The van der Waals surface area contributed by atoms with E-state index in [-0.39, 0.29) is 17.4 Å². The molecule has 2 aromatic rings. The molecule has 0 aromatic heterocycles. The Hall–Kier alpha value is -2.88. The van der Waals surface area contributed by atoms with E-state index >= 15 is 0 Å². The third-order valence-electron chi connectivity index (χ3n) is 3.51. The Morgan fingerprint density at radius 3 is 2.84 bits per heavy atom. The number of nitrogens with two attached hydrogens (primary N) is 1. The van der Waals surface area contributed by atoms with Gasteiger partial charge in [-0.2, -0.15) is 0 Å². The number of benzene rings is 2. The van der Waals surface area contributed by atoms with Crippen LogP contribution in [-0.2, 0) is 6.61 Å². The number of nitrogens with one attached hydrogen (secondary N) is 1. The van der Waals surface area contributed by atoms with E-state index < -0.39 is 6.03 Å². The number of anilines is 1. The van der Waals surface area contributed by atoms with Crippen molar-refractivity contribution in [3.05, 3.63) is 52.0 Å². The molecule has 130 valence electrons. The molecule has 25 heavy (non-hydrogen) atoms. The monoisotopic (exact) mass is 359 g/mol. The molecule has 6 nitrogen and oxygen atoms in total. The first-order valence-corrected chi connectivity index (χ1v) is 7.71. The topological polar surface area (TPSA) is 87.8 Å². The summed E-state index contributed by atoms with van der Waals surface area (Å²) in [6.45, 7) is 1.89. The van der Waals surface area contributed by atoms with Crippen LogP contribution < -0.4 is 15.9 Å². The third kappa shape index (κ3) is 4.35. The van der Waals surface area contributed by atoms with Crippen LogP contribution in [0.25, 0.3) is 0 Å². The van der Waals surface area contributed by atoms with Gasteiger partial charge in [-0.1, -0.05) is 23.6 Å². The van der Waals surface area contributed by atoms with Gasteiger partial charge in [-0.3, -0.25) is 5.01 Å². The zero-order valence-electron chi connectivity index (χ0n) is 13.8. The number of urea groups is 1. The molecule has 0 saturated heterocycles. The molecule has 0 aliphatic rings. The zero-order chi connectivity index (χ0) is 18.6. The maximum atomic E-state index is 11.8. The number of aromatic hydroxyl groups is 1. The number of aryl methyl sites for hydroxylation is 1. The molecule has 0 bridgehead atoms. The number of hydrogen-bond donors (Lipinski definition) is 3. The van der Waals surface area contributed by atoms with E-state index in [1.54, 1.807) is 25.1 Å². The second kappa shape index (κ2) is 7.79. The number of amides is 2. The van der Waals surface area contributed by atoms with Crippen LogP contribution in [0.15, 0.2) is 30.3 Å². The number of carbonyl (C=O) groups excluding carboxylic acids is 1. The van der Waals surface area contributed by atoms with Gasteiger partial charge in [0, 0.05) is 24.2 Å². The first kappa shape index (κ1) is 18.5. The van der Waals surface area contributed by atoms with Gasteiger partial charge in [-0.05, 0) is 30.7 Å². The highest BCUT2D eigenvalue weighted by atomic mass is 35.5. The molecule has 0 spiro atoms. The highest BCUT2D eigenvalue weighted by Crippen LogP contribution is 2.32. The van der Waals surface area contributed by atoms with Gasteiger partial charge in [0.25, 0.3) is 0 Å². The largest absolute Gasteiger partial charge is 0.506 e. The van der Waals surface area contributed by atoms with E-state index in [1.165, 1.54) is 19.2 Å². The van der Waals surface area contributed by atoms with Crippen LogP contribution in [0.5, 0.6) is 11.5 Å². The first-order valence-electron chi connectivity index (χ1n) is 7.33. The molecule has 2 amide bonds. The van der Waals surface area contributed by atoms with E-state index in [4.69, 9.17) is 28.6 Å². The second-order valence-electron chi connectivity index (χ2n) is 5.37. The molecule has 0 fully saturated rings. The molecule has 0 unspecified atom stereocenters. The number of phenols is 1. The quantitative estimate of drug-likeness (QED) is 0.338. The van der Waals surface area contributed by atoms with E-state index in [0.29, 0.717) is 28.1 Å². The summed E-state index contributed by atoms with van der Waals surface area (Å²) in [5.74, 6) is 8.48. The van der Waals surface area contributed by atoms with Crippen LogP contribution in [0, 0.1) is 19.3 Å². The van der Waals surface area contributed by atoms with Crippen molar-refractivity contribution in [2.45, 2.75) is 13.5 Å². The number of ether oxygens (including phenoxy) is 1. The maximum Gasteiger partial charge on any atom is 0.335 e. The number of phenolic OH excluding ortho intramolecular Hbond substituents is 1. The minimum atomic E-state index is -0.487. The Kier molecular flexibility index (Phi) is 5.75. The van der Waals surface area contributed by atoms with Gasteiger partial charge >= 0.3 is 6.03 Å². The van der Waals surface area contributed by atoms with Crippen molar-refractivity contribution < 1.29 is 14.6 Å². The van der Waals surface area contributed by atoms with Crippen LogP contribution in [0.1, 0.15) is 16.7 Å². The number of halogens is 1. The van der Waals surface area contributed by atoms with Crippen LogP contribution in [-0.4, -0.2) is 23.2 Å². The zero-order valence-corrected chi connectivity index (χ0v) is 14.6. The molecule has 0 aliphatic heterocycles. The highest BCUT2D eigenvalue weighted by Gasteiger charge is 2.13. The molecular formula is C18H18ClN3O3. The van der Waals surface area contributed by atoms with Crippen LogP contribution in [0.2, 0.25) is 5.02 Å². The van der Waals surface area contributed by atoms with Crippen molar-refractivity contribution in [1.29, 1.82) is 0 Å². The van der Waals surface area contributed by atoms with Gasteiger partial charge in [-0.15, -0.1) is 6.42 Å². The van der Waals surface area contributed by atoms with Crippen molar-refractivity contribution in [2.75, 3.05) is 12.4 Å². The summed E-state index contributed by atoms with van der Waals surface area (Å²) < 4.78 is 5.80. The molecule has 7 heteroatoms. The van der Waals surface area contributed by atoms with Gasteiger partial charge in [0.15, 0.2) is 0 Å². The first-order chi connectivity index (χ1) is 11.8. The maximum absolute atomic E-state index is 11.8. The molecule has 2 aromatic carbocycles. The van der Waals surface area contributed by atoms with Gasteiger partial charge in [0.05, 0.1) is 10.7 Å². The summed E-state index contributed by atoms with van der Waals surface area (Å²) >= 11 is 5.92. The Bertz CT molecular complexity index is 844. The van der Waals surface area contributed by atoms with Crippen LogP contribution >= 0.6 is 11.6 Å². The Balaban J connectivity index is 2.31. The number of rotatable bonds is 4. The lowest BCUT2D eigenvalue weighted by Gasteiger charge is -2.17. The van der Waals surface area contributed by atoms with Crippen molar-refractivity contribution in [3.63, 3.8) is 0 Å². The fraction of sp³-hybridized carbons (Fsp3) is 0.167. The van der Waals surface area contributed by atoms with E-state index in [1.807, 2.05) is 0 Å². The van der Waals surface area contributed by atoms with Crippen molar-refractivity contribution in [3.8, 4) is 23.8 Å². The van der Waals surface area contributed by atoms with Gasteiger partial charge in [0.2, 0.25) is 0 Å². The van der Waals surface area contributed by atoms with E-state index in [2.05, 4.69) is 11.2 Å². The fourth-order valence-corrected chi connectivity index (χ4v) is 2.31. The average molecular weight is 360 g/mol. The lowest BCUT2D eigenvalue weighted by Crippen LogP contribution is -2.37. The lowest BCUT2D eigenvalue weighted by molar-refractivity contribution is 0.223.